The molecule has 1 aliphatic carbocycles. The van der Waals surface area contributed by atoms with E-state index < -0.39 is 0 Å². The van der Waals surface area contributed by atoms with Crippen LogP contribution < -0.4 is 4.90 Å². The molecule has 0 saturated heterocycles. The zero-order chi connectivity index (χ0) is 14.8. The zero-order valence-corrected chi connectivity index (χ0v) is 12.3. The Hall–Kier alpha value is -1.92. The highest BCUT2D eigenvalue weighted by molar-refractivity contribution is 7.09. The number of benzene rings is 1. The van der Waals surface area contributed by atoms with Crippen LogP contribution in [0.5, 0.6) is 0 Å². The van der Waals surface area contributed by atoms with E-state index in [1.165, 1.54) is 10.9 Å². The number of rotatable bonds is 6. The first-order chi connectivity index (χ1) is 10.2. The predicted molar refractivity (Wildman–Crippen MR) is 82.5 cm³/mol. The standard InChI is InChI=1S/C15H16N2O3S/c18-10-11-3-6-14(15(8-11)17(19)20)16(12-4-5-12)9-13-2-1-7-21-13/h1-3,6-8,12,18H,4-5,9-10H2. The molecule has 0 spiro atoms. The average Bonchev–Trinajstić information content (AvgIpc) is 3.21. The van der Waals surface area contributed by atoms with Crippen molar-refractivity contribution in [2.45, 2.75) is 32.0 Å². The van der Waals surface area contributed by atoms with Crippen molar-refractivity contribution in [3.05, 3.63) is 56.3 Å². The largest absolute Gasteiger partial charge is 0.392 e. The topological polar surface area (TPSA) is 66.6 Å². The van der Waals surface area contributed by atoms with Gasteiger partial charge in [-0.1, -0.05) is 12.1 Å². The number of nitrogens with zero attached hydrogens (tertiary/aromatic N) is 2. The molecule has 1 N–H and O–H groups in total. The Balaban J connectivity index is 1.96. The van der Waals surface area contributed by atoms with Gasteiger partial charge in [0.25, 0.3) is 5.69 Å². The van der Waals surface area contributed by atoms with Crippen LogP contribution in [0.2, 0.25) is 0 Å². The van der Waals surface area contributed by atoms with Crippen LogP contribution in [-0.4, -0.2) is 16.1 Å². The van der Waals surface area contributed by atoms with Gasteiger partial charge in [-0.05, 0) is 35.9 Å². The molecule has 1 heterocycles. The van der Waals surface area contributed by atoms with E-state index in [-0.39, 0.29) is 17.2 Å². The first-order valence-corrected chi connectivity index (χ1v) is 7.74. The van der Waals surface area contributed by atoms with Gasteiger partial charge in [0.2, 0.25) is 0 Å². The van der Waals surface area contributed by atoms with Gasteiger partial charge < -0.3 is 10.0 Å². The van der Waals surface area contributed by atoms with Crippen LogP contribution in [0.4, 0.5) is 11.4 Å². The van der Waals surface area contributed by atoms with Crippen molar-refractivity contribution in [2.24, 2.45) is 0 Å². The summed E-state index contributed by atoms with van der Waals surface area (Å²) >= 11 is 1.66. The molecule has 0 amide bonds. The lowest BCUT2D eigenvalue weighted by atomic mass is 10.1. The van der Waals surface area contributed by atoms with E-state index in [9.17, 15) is 10.1 Å². The first-order valence-electron chi connectivity index (χ1n) is 6.86. The molecule has 2 aromatic rings. The van der Waals surface area contributed by atoms with Gasteiger partial charge in [0.15, 0.2) is 0 Å². The van der Waals surface area contributed by atoms with Crippen molar-refractivity contribution in [1.29, 1.82) is 0 Å². The molecule has 1 aromatic carbocycles. The molecule has 0 unspecified atom stereocenters. The van der Waals surface area contributed by atoms with Crippen LogP contribution in [0, 0.1) is 10.1 Å². The van der Waals surface area contributed by atoms with Crippen LogP contribution in [0.3, 0.4) is 0 Å². The molecular weight excluding hydrogens is 288 g/mol. The SMILES string of the molecule is O=[N+]([O-])c1cc(CO)ccc1N(Cc1cccs1)C1CC1. The molecule has 1 aromatic heterocycles. The molecule has 110 valence electrons. The molecule has 6 heteroatoms. The Morgan fingerprint density at radius 3 is 2.76 bits per heavy atom. The van der Waals surface area contributed by atoms with Crippen molar-refractivity contribution in [3.63, 3.8) is 0 Å². The lowest BCUT2D eigenvalue weighted by Crippen LogP contribution is -2.25. The Morgan fingerprint density at radius 2 is 2.19 bits per heavy atom. The van der Waals surface area contributed by atoms with Gasteiger partial charge >= 0.3 is 0 Å². The lowest BCUT2D eigenvalue weighted by molar-refractivity contribution is -0.384. The number of thiophene rings is 1. The maximum atomic E-state index is 11.3. The summed E-state index contributed by atoms with van der Waals surface area (Å²) < 4.78 is 0. The Labute approximate surface area is 126 Å². The minimum Gasteiger partial charge on any atom is -0.392 e. The van der Waals surface area contributed by atoms with E-state index in [2.05, 4.69) is 4.90 Å². The number of nitro groups is 1. The van der Waals surface area contributed by atoms with Gasteiger partial charge in [-0.3, -0.25) is 10.1 Å². The monoisotopic (exact) mass is 304 g/mol. The number of anilines is 1. The maximum Gasteiger partial charge on any atom is 0.292 e. The van der Waals surface area contributed by atoms with Crippen molar-refractivity contribution >= 4 is 22.7 Å². The second-order valence-corrected chi connectivity index (χ2v) is 6.21. The average molecular weight is 304 g/mol. The Bertz CT molecular complexity index is 638. The van der Waals surface area contributed by atoms with Gasteiger partial charge in [-0.25, -0.2) is 0 Å². The lowest BCUT2D eigenvalue weighted by Gasteiger charge is -2.24. The smallest absolute Gasteiger partial charge is 0.292 e. The summed E-state index contributed by atoms with van der Waals surface area (Å²) in [6.45, 7) is 0.511. The van der Waals surface area contributed by atoms with Gasteiger partial charge in [0.05, 0.1) is 18.1 Å². The number of nitro benzene ring substituents is 1. The maximum absolute atomic E-state index is 11.3. The fourth-order valence-corrected chi connectivity index (χ4v) is 3.13. The molecular formula is C15H16N2O3S. The third-order valence-corrected chi connectivity index (χ3v) is 4.48. The van der Waals surface area contributed by atoms with Gasteiger partial charge in [-0.15, -0.1) is 11.3 Å². The summed E-state index contributed by atoms with van der Waals surface area (Å²) in [7, 11) is 0. The third-order valence-electron chi connectivity index (χ3n) is 3.62. The van der Waals surface area contributed by atoms with Crippen LogP contribution in [0.15, 0.2) is 35.7 Å². The molecule has 1 aliphatic rings. The third kappa shape index (κ3) is 3.06. The first kappa shape index (κ1) is 14.0. The highest BCUT2D eigenvalue weighted by atomic mass is 32.1. The van der Waals surface area contributed by atoms with E-state index in [0.29, 0.717) is 23.8 Å². The molecule has 3 rings (SSSR count). The van der Waals surface area contributed by atoms with E-state index in [4.69, 9.17) is 5.11 Å². The van der Waals surface area contributed by atoms with Gasteiger partial charge in [-0.2, -0.15) is 0 Å². The van der Waals surface area contributed by atoms with E-state index in [0.717, 1.165) is 12.8 Å². The van der Waals surface area contributed by atoms with E-state index in [1.54, 1.807) is 23.5 Å². The number of aliphatic hydroxyl groups excluding tert-OH is 1. The summed E-state index contributed by atoms with van der Waals surface area (Å²) in [5, 5.41) is 22.5. The molecule has 0 radical (unpaired) electrons. The van der Waals surface area contributed by atoms with Crippen LogP contribution in [-0.2, 0) is 13.2 Å². The fraction of sp³-hybridized carbons (Fsp3) is 0.333. The molecule has 1 fully saturated rings. The van der Waals surface area contributed by atoms with Crippen LogP contribution in [0.25, 0.3) is 0 Å². The minimum atomic E-state index is -0.363. The zero-order valence-electron chi connectivity index (χ0n) is 11.4. The summed E-state index contributed by atoms with van der Waals surface area (Å²) in [6, 6.07) is 9.41. The quantitative estimate of drug-likeness (QED) is 0.656. The molecule has 0 bridgehead atoms. The number of aliphatic hydroxyl groups is 1. The van der Waals surface area contributed by atoms with Crippen molar-refractivity contribution < 1.29 is 10.0 Å². The summed E-state index contributed by atoms with van der Waals surface area (Å²) in [5.41, 5.74) is 1.29. The second-order valence-electron chi connectivity index (χ2n) is 5.18. The Kier molecular flexibility index (Phi) is 3.90. The highest BCUT2D eigenvalue weighted by Crippen LogP contribution is 2.38. The fourth-order valence-electron chi connectivity index (χ4n) is 2.42. The molecule has 21 heavy (non-hydrogen) atoms. The normalized spacial score (nSPS) is 14.1. The summed E-state index contributed by atoms with van der Waals surface area (Å²) in [4.78, 5) is 14.3. The van der Waals surface area contributed by atoms with Crippen molar-refractivity contribution in [3.8, 4) is 0 Å². The number of hydrogen-bond acceptors (Lipinski definition) is 5. The predicted octanol–water partition coefficient (Wildman–Crippen LogP) is 3.32. The molecule has 0 atom stereocenters. The second kappa shape index (κ2) is 5.83. The molecule has 5 nitrogen and oxygen atoms in total. The van der Waals surface area contributed by atoms with Crippen molar-refractivity contribution in [1.82, 2.24) is 0 Å². The molecule has 0 aliphatic heterocycles. The van der Waals surface area contributed by atoms with E-state index >= 15 is 0 Å². The molecule has 1 saturated carbocycles. The van der Waals surface area contributed by atoms with Crippen molar-refractivity contribution in [2.75, 3.05) is 4.90 Å². The Morgan fingerprint density at radius 1 is 1.38 bits per heavy atom. The van der Waals surface area contributed by atoms with Gasteiger partial charge in [0, 0.05) is 17.0 Å². The van der Waals surface area contributed by atoms with Crippen LogP contribution >= 0.6 is 11.3 Å². The summed E-state index contributed by atoms with van der Waals surface area (Å²) in [6.07, 6.45) is 2.15. The van der Waals surface area contributed by atoms with Gasteiger partial charge in [0.1, 0.15) is 5.69 Å². The van der Waals surface area contributed by atoms with Crippen LogP contribution in [0.1, 0.15) is 23.3 Å². The highest BCUT2D eigenvalue weighted by Gasteiger charge is 2.33. The number of hydrogen-bond donors (Lipinski definition) is 1. The minimum absolute atomic E-state index is 0.0741. The van der Waals surface area contributed by atoms with E-state index in [1.807, 2.05) is 17.5 Å². The summed E-state index contributed by atoms with van der Waals surface area (Å²) in [5.74, 6) is 0.